The van der Waals surface area contributed by atoms with Crippen LogP contribution in [0.4, 0.5) is 0 Å². The molecule has 1 atom stereocenters. The first-order valence-corrected chi connectivity index (χ1v) is 8.47. The minimum Gasteiger partial charge on any atom is -0.338 e. The number of sulfone groups is 1. The number of hydrogen-bond donors (Lipinski definition) is 0. The van der Waals surface area contributed by atoms with Gasteiger partial charge in [0.15, 0.2) is 9.84 Å². The zero-order valence-corrected chi connectivity index (χ0v) is 12.4. The van der Waals surface area contributed by atoms with Gasteiger partial charge in [0, 0.05) is 12.6 Å². The van der Waals surface area contributed by atoms with Crippen LogP contribution in [0.5, 0.6) is 0 Å². The smallest absolute Gasteiger partial charge is 0.237 e. The lowest BCUT2D eigenvalue weighted by Crippen LogP contribution is -2.46. The summed E-state index contributed by atoms with van der Waals surface area (Å²) >= 11 is 0. The van der Waals surface area contributed by atoms with E-state index in [9.17, 15) is 13.2 Å². The van der Waals surface area contributed by atoms with Crippen molar-refractivity contribution in [2.75, 3.05) is 37.7 Å². The van der Waals surface area contributed by atoms with E-state index in [4.69, 9.17) is 0 Å². The molecule has 18 heavy (non-hydrogen) atoms. The van der Waals surface area contributed by atoms with Crippen LogP contribution in [-0.2, 0) is 14.6 Å². The molecule has 5 nitrogen and oxygen atoms in total. The van der Waals surface area contributed by atoms with Crippen molar-refractivity contribution in [2.24, 2.45) is 0 Å². The molecule has 1 rings (SSSR count). The van der Waals surface area contributed by atoms with Crippen LogP contribution >= 0.6 is 0 Å². The highest BCUT2D eigenvalue weighted by Gasteiger charge is 2.33. The zero-order chi connectivity index (χ0) is 13.8. The number of likely N-dealkylation sites (N-methyl/N-ethyl adjacent to an activating group) is 2. The SMILES string of the molecule is CCN(CC)CC(=O)N(CC)C1CCS(=O)(=O)C1. The van der Waals surface area contributed by atoms with Gasteiger partial charge in [0.1, 0.15) is 0 Å². The molecule has 6 heteroatoms. The summed E-state index contributed by atoms with van der Waals surface area (Å²) in [4.78, 5) is 16.0. The second kappa shape index (κ2) is 6.52. The van der Waals surface area contributed by atoms with Gasteiger partial charge in [-0.25, -0.2) is 8.42 Å². The Hall–Kier alpha value is -0.620. The van der Waals surface area contributed by atoms with Crippen LogP contribution in [0.3, 0.4) is 0 Å². The first-order chi connectivity index (χ1) is 8.43. The van der Waals surface area contributed by atoms with Crippen LogP contribution in [-0.4, -0.2) is 67.9 Å². The molecule has 1 aliphatic heterocycles. The van der Waals surface area contributed by atoms with Gasteiger partial charge in [-0.15, -0.1) is 0 Å². The summed E-state index contributed by atoms with van der Waals surface area (Å²) in [7, 11) is -2.93. The van der Waals surface area contributed by atoms with E-state index >= 15 is 0 Å². The Balaban J connectivity index is 2.63. The van der Waals surface area contributed by atoms with Crippen LogP contribution < -0.4 is 0 Å². The molecule has 0 N–H and O–H groups in total. The summed E-state index contributed by atoms with van der Waals surface area (Å²) < 4.78 is 22.9. The summed E-state index contributed by atoms with van der Waals surface area (Å²) in [6.45, 7) is 8.59. The van der Waals surface area contributed by atoms with Crippen LogP contribution in [0.15, 0.2) is 0 Å². The van der Waals surface area contributed by atoms with Crippen molar-refractivity contribution < 1.29 is 13.2 Å². The molecule has 0 aromatic rings. The lowest BCUT2D eigenvalue weighted by Gasteiger charge is -2.29. The van der Waals surface area contributed by atoms with Gasteiger partial charge in [-0.3, -0.25) is 9.69 Å². The molecule has 1 aliphatic rings. The van der Waals surface area contributed by atoms with Crippen molar-refractivity contribution in [1.82, 2.24) is 9.80 Å². The van der Waals surface area contributed by atoms with Crippen molar-refractivity contribution in [3.63, 3.8) is 0 Å². The van der Waals surface area contributed by atoms with Gasteiger partial charge in [-0.2, -0.15) is 0 Å². The number of amides is 1. The van der Waals surface area contributed by atoms with E-state index in [2.05, 4.69) is 4.90 Å². The molecule has 0 aliphatic carbocycles. The Kier molecular flexibility index (Phi) is 5.59. The Morgan fingerprint density at radius 2 is 1.78 bits per heavy atom. The van der Waals surface area contributed by atoms with E-state index in [0.717, 1.165) is 13.1 Å². The quantitative estimate of drug-likeness (QED) is 0.703. The highest BCUT2D eigenvalue weighted by Crippen LogP contribution is 2.17. The van der Waals surface area contributed by atoms with Crippen molar-refractivity contribution >= 4 is 15.7 Å². The molecule has 0 saturated carbocycles. The third kappa shape index (κ3) is 3.95. The van der Waals surface area contributed by atoms with Crippen molar-refractivity contribution in [2.45, 2.75) is 33.2 Å². The Bertz CT molecular complexity index is 377. The Labute approximate surface area is 110 Å². The van der Waals surface area contributed by atoms with E-state index in [1.807, 2.05) is 20.8 Å². The van der Waals surface area contributed by atoms with Gasteiger partial charge < -0.3 is 4.90 Å². The lowest BCUT2D eigenvalue weighted by atomic mass is 10.2. The first-order valence-electron chi connectivity index (χ1n) is 6.65. The van der Waals surface area contributed by atoms with Gasteiger partial charge in [-0.1, -0.05) is 13.8 Å². The number of carbonyl (C=O) groups is 1. The molecule has 1 unspecified atom stereocenters. The van der Waals surface area contributed by atoms with E-state index < -0.39 is 9.84 Å². The minimum absolute atomic E-state index is 0.0447. The number of hydrogen-bond acceptors (Lipinski definition) is 4. The molecular weight excluding hydrogens is 252 g/mol. The summed E-state index contributed by atoms with van der Waals surface area (Å²) in [5.41, 5.74) is 0. The van der Waals surface area contributed by atoms with E-state index in [-0.39, 0.29) is 23.5 Å². The van der Waals surface area contributed by atoms with Crippen molar-refractivity contribution in [1.29, 1.82) is 0 Å². The second-order valence-corrected chi connectivity index (χ2v) is 6.93. The normalized spacial score (nSPS) is 22.3. The molecule has 0 radical (unpaired) electrons. The predicted molar refractivity (Wildman–Crippen MR) is 72.2 cm³/mol. The van der Waals surface area contributed by atoms with E-state index in [0.29, 0.717) is 19.5 Å². The standard InChI is InChI=1S/C12H24N2O3S/c1-4-13(5-2)9-12(15)14(6-3)11-7-8-18(16,17)10-11/h11H,4-10H2,1-3H3. The van der Waals surface area contributed by atoms with Gasteiger partial charge in [0.2, 0.25) is 5.91 Å². The third-order valence-electron chi connectivity index (χ3n) is 3.56. The fraction of sp³-hybridized carbons (Fsp3) is 0.917. The Morgan fingerprint density at radius 1 is 1.17 bits per heavy atom. The van der Waals surface area contributed by atoms with E-state index in [1.54, 1.807) is 4.90 Å². The zero-order valence-electron chi connectivity index (χ0n) is 11.6. The maximum Gasteiger partial charge on any atom is 0.237 e. The van der Waals surface area contributed by atoms with Crippen LogP contribution in [0.1, 0.15) is 27.2 Å². The maximum atomic E-state index is 12.2. The monoisotopic (exact) mass is 276 g/mol. The average molecular weight is 276 g/mol. The molecule has 0 bridgehead atoms. The van der Waals surface area contributed by atoms with E-state index in [1.165, 1.54) is 0 Å². The molecule has 0 aromatic carbocycles. The molecule has 1 amide bonds. The summed E-state index contributed by atoms with van der Waals surface area (Å²) in [5, 5.41) is 0. The average Bonchev–Trinajstić information content (AvgIpc) is 2.67. The topological polar surface area (TPSA) is 57.7 Å². The molecule has 1 saturated heterocycles. The number of rotatable bonds is 6. The van der Waals surface area contributed by atoms with Crippen molar-refractivity contribution in [3.05, 3.63) is 0 Å². The third-order valence-corrected chi connectivity index (χ3v) is 5.31. The van der Waals surface area contributed by atoms with Crippen LogP contribution in [0.2, 0.25) is 0 Å². The fourth-order valence-electron chi connectivity index (χ4n) is 2.39. The lowest BCUT2D eigenvalue weighted by molar-refractivity contribution is -0.134. The summed E-state index contributed by atoms with van der Waals surface area (Å²) in [6, 6.07) is -0.122. The molecule has 1 fully saturated rings. The van der Waals surface area contributed by atoms with Gasteiger partial charge >= 0.3 is 0 Å². The molecule has 0 aromatic heterocycles. The highest BCUT2D eigenvalue weighted by molar-refractivity contribution is 7.91. The summed E-state index contributed by atoms with van der Waals surface area (Å²) in [6.07, 6.45) is 0.583. The predicted octanol–water partition coefficient (Wildman–Crippen LogP) is 0.364. The van der Waals surface area contributed by atoms with Gasteiger partial charge in [-0.05, 0) is 26.4 Å². The number of carbonyl (C=O) groups excluding carboxylic acids is 1. The van der Waals surface area contributed by atoms with Crippen LogP contribution in [0, 0.1) is 0 Å². The van der Waals surface area contributed by atoms with Crippen LogP contribution in [0.25, 0.3) is 0 Å². The largest absolute Gasteiger partial charge is 0.338 e. The van der Waals surface area contributed by atoms with Crippen molar-refractivity contribution in [3.8, 4) is 0 Å². The van der Waals surface area contributed by atoms with Gasteiger partial charge in [0.25, 0.3) is 0 Å². The summed E-state index contributed by atoms with van der Waals surface area (Å²) in [5.74, 6) is 0.390. The highest BCUT2D eigenvalue weighted by atomic mass is 32.2. The first kappa shape index (κ1) is 15.4. The maximum absolute atomic E-state index is 12.2. The fourth-order valence-corrected chi connectivity index (χ4v) is 4.12. The molecular formula is C12H24N2O3S. The Morgan fingerprint density at radius 3 is 2.17 bits per heavy atom. The second-order valence-electron chi connectivity index (χ2n) is 4.70. The van der Waals surface area contributed by atoms with Gasteiger partial charge in [0.05, 0.1) is 18.1 Å². The molecule has 0 spiro atoms. The minimum atomic E-state index is -2.93. The molecule has 106 valence electrons. The molecule has 1 heterocycles. The number of nitrogens with zero attached hydrogens (tertiary/aromatic N) is 2.